The van der Waals surface area contributed by atoms with Crippen molar-refractivity contribution in [3.63, 3.8) is 0 Å². The zero-order valence-corrected chi connectivity index (χ0v) is 14.5. The van der Waals surface area contributed by atoms with Crippen molar-refractivity contribution in [3.8, 4) is 10.4 Å². The Balaban J connectivity index is 1.61. The van der Waals surface area contributed by atoms with E-state index in [2.05, 4.69) is 5.32 Å². The predicted molar refractivity (Wildman–Crippen MR) is 94.4 cm³/mol. The molecule has 5 unspecified atom stereocenters. The summed E-state index contributed by atoms with van der Waals surface area (Å²) >= 11 is 1.38. The van der Waals surface area contributed by atoms with Crippen molar-refractivity contribution in [2.24, 2.45) is 0 Å². The lowest BCUT2D eigenvalue weighted by molar-refractivity contribution is -0.214. The fraction of sp³-hybridized carbons (Fsp3) is 0.389. The highest BCUT2D eigenvalue weighted by molar-refractivity contribution is 7.17. The van der Waals surface area contributed by atoms with E-state index >= 15 is 0 Å². The van der Waals surface area contributed by atoms with Crippen LogP contribution in [0.3, 0.4) is 0 Å². The van der Waals surface area contributed by atoms with Crippen molar-refractivity contribution < 1.29 is 24.9 Å². The molecule has 0 aliphatic carbocycles. The molecule has 2 aromatic rings. The Morgan fingerprint density at radius 3 is 2.52 bits per heavy atom. The SMILES string of the molecule is CC1OC(CNC(=O)c2ccc(-c3ccccc3)s2)C(O)C(O)C1O. The molecule has 6 nitrogen and oxygen atoms in total. The lowest BCUT2D eigenvalue weighted by Crippen LogP contribution is -2.59. The summed E-state index contributed by atoms with van der Waals surface area (Å²) in [6, 6.07) is 13.4. The number of rotatable bonds is 4. The quantitative estimate of drug-likeness (QED) is 0.650. The third kappa shape index (κ3) is 3.91. The molecule has 1 fully saturated rings. The van der Waals surface area contributed by atoms with Crippen molar-refractivity contribution >= 4 is 17.2 Å². The van der Waals surface area contributed by atoms with Gasteiger partial charge in [-0.2, -0.15) is 0 Å². The van der Waals surface area contributed by atoms with E-state index < -0.39 is 30.5 Å². The summed E-state index contributed by atoms with van der Waals surface area (Å²) in [4.78, 5) is 13.9. The molecule has 1 aromatic carbocycles. The molecule has 1 saturated heterocycles. The maximum atomic E-state index is 12.3. The first kappa shape index (κ1) is 18.0. The smallest absolute Gasteiger partial charge is 0.261 e. The molecule has 0 radical (unpaired) electrons. The van der Waals surface area contributed by atoms with Gasteiger partial charge in [-0.25, -0.2) is 0 Å². The molecule has 7 heteroatoms. The van der Waals surface area contributed by atoms with Gasteiger partial charge in [0.2, 0.25) is 0 Å². The van der Waals surface area contributed by atoms with Gasteiger partial charge in [0.05, 0.1) is 11.0 Å². The Labute approximate surface area is 149 Å². The first-order valence-corrected chi connectivity index (χ1v) is 8.92. The van der Waals surface area contributed by atoms with Gasteiger partial charge >= 0.3 is 0 Å². The van der Waals surface area contributed by atoms with E-state index in [-0.39, 0.29) is 12.5 Å². The highest BCUT2D eigenvalue weighted by Crippen LogP contribution is 2.28. The fourth-order valence-electron chi connectivity index (χ4n) is 2.80. The minimum atomic E-state index is -1.29. The molecule has 2 heterocycles. The number of aliphatic hydroxyl groups is 3. The third-order valence-electron chi connectivity index (χ3n) is 4.30. The molecule has 0 bridgehead atoms. The van der Waals surface area contributed by atoms with Crippen molar-refractivity contribution in [2.75, 3.05) is 6.54 Å². The van der Waals surface area contributed by atoms with E-state index in [1.807, 2.05) is 36.4 Å². The average molecular weight is 363 g/mol. The van der Waals surface area contributed by atoms with E-state index in [9.17, 15) is 20.1 Å². The third-order valence-corrected chi connectivity index (χ3v) is 5.44. The highest BCUT2D eigenvalue weighted by Gasteiger charge is 2.41. The van der Waals surface area contributed by atoms with Crippen LogP contribution in [0.25, 0.3) is 10.4 Å². The number of ether oxygens (including phenoxy) is 1. The zero-order chi connectivity index (χ0) is 18.0. The lowest BCUT2D eigenvalue weighted by atomic mass is 9.95. The summed E-state index contributed by atoms with van der Waals surface area (Å²) in [6.45, 7) is 1.66. The summed E-state index contributed by atoms with van der Waals surface area (Å²) in [5.74, 6) is -0.267. The van der Waals surface area contributed by atoms with Gasteiger partial charge in [-0.1, -0.05) is 30.3 Å². The van der Waals surface area contributed by atoms with Crippen LogP contribution in [-0.4, -0.2) is 58.3 Å². The number of hydrogen-bond donors (Lipinski definition) is 4. The molecule has 0 spiro atoms. The van der Waals surface area contributed by atoms with Crippen LogP contribution in [0.15, 0.2) is 42.5 Å². The molecule has 1 aromatic heterocycles. The monoisotopic (exact) mass is 363 g/mol. The standard InChI is InChI=1S/C18H21NO5S/c1-10-15(20)17(22)16(21)12(24-10)9-19-18(23)14-8-7-13(25-14)11-5-3-2-4-6-11/h2-8,10,12,15-17,20-22H,9H2,1H3,(H,19,23). The van der Waals surface area contributed by atoms with Gasteiger partial charge in [0.25, 0.3) is 5.91 Å². The largest absolute Gasteiger partial charge is 0.388 e. The van der Waals surface area contributed by atoms with Crippen LogP contribution in [0.1, 0.15) is 16.6 Å². The van der Waals surface area contributed by atoms with Crippen LogP contribution in [0, 0.1) is 0 Å². The second kappa shape index (κ2) is 7.63. The molecule has 0 saturated carbocycles. The Kier molecular flexibility index (Phi) is 5.51. The number of amides is 1. The summed E-state index contributed by atoms with van der Waals surface area (Å²) in [6.07, 6.45) is -5.09. The normalized spacial score (nSPS) is 29.4. The van der Waals surface area contributed by atoms with Gasteiger partial charge in [0, 0.05) is 11.4 Å². The van der Waals surface area contributed by atoms with Crippen LogP contribution in [0.2, 0.25) is 0 Å². The summed E-state index contributed by atoms with van der Waals surface area (Å²) in [5.41, 5.74) is 1.04. The number of carbonyl (C=O) groups is 1. The van der Waals surface area contributed by atoms with E-state index in [0.29, 0.717) is 4.88 Å². The topological polar surface area (TPSA) is 99.0 Å². The summed E-state index contributed by atoms with van der Waals surface area (Å²) in [5, 5.41) is 32.2. The number of thiophene rings is 1. The number of nitrogens with one attached hydrogen (secondary N) is 1. The van der Waals surface area contributed by atoms with Gasteiger partial charge in [-0.3, -0.25) is 4.79 Å². The van der Waals surface area contributed by atoms with Crippen LogP contribution in [-0.2, 0) is 4.74 Å². The van der Waals surface area contributed by atoms with E-state index in [4.69, 9.17) is 4.74 Å². The molecule has 3 rings (SSSR count). The number of benzene rings is 1. The molecule has 4 N–H and O–H groups in total. The van der Waals surface area contributed by atoms with Gasteiger partial charge in [-0.15, -0.1) is 11.3 Å². The maximum absolute atomic E-state index is 12.3. The Morgan fingerprint density at radius 1 is 1.08 bits per heavy atom. The number of hydrogen-bond acceptors (Lipinski definition) is 6. The number of aliphatic hydroxyl groups excluding tert-OH is 3. The number of carbonyl (C=O) groups excluding carboxylic acids is 1. The molecule has 25 heavy (non-hydrogen) atoms. The molecule has 1 amide bonds. The second-order valence-electron chi connectivity index (χ2n) is 6.09. The Hall–Kier alpha value is -1.77. The van der Waals surface area contributed by atoms with Crippen molar-refractivity contribution in [1.82, 2.24) is 5.32 Å². The van der Waals surface area contributed by atoms with Crippen molar-refractivity contribution in [3.05, 3.63) is 47.3 Å². The van der Waals surface area contributed by atoms with Crippen LogP contribution in [0.4, 0.5) is 0 Å². The first-order valence-electron chi connectivity index (χ1n) is 8.10. The molecule has 5 atom stereocenters. The zero-order valence-electron chi connectivity index (χ0n) is 13.7. The minimum absolute atomic E-state index is 0.0483. The van der Waals surface area contributed by atoms with E-state index in [1.54, 1.807) is 13.0 Å². The van der Waals surface area contributed by atoms with Gasteiger partial charge in [0.1, 0.15) is 24.4 Å². The first-order chi connectivity index (χ1) is 12.0. The van der Waals surface area contributed by atoms with Gasteiger partial charge in [-0.05, 0) is 24.6 Å². The van der Waals surface area contributed by atoms with Crippen molar-refractivity contribution in [1.29, 1.82) is 0 Å². The average Bonchev–Trinajstić information content (AvgIpc) is 3.12. The lowest BCUT2D eigenvalue weighted by Gasteiger charge is -2.39. The maximum Gasteiger partial charge on any atom is 0.261 e. The van der Waals surface area contributed by atoms with Crippen LogP contribution in [0.5, 0.6) is 0 Å². The second-order valence-corrected chi connectivity index (χ2v) is 7.18. The van der Waals surface area contributed by atoms with Crippen LogP contribution >= 0.6 is 11.3 Å². The van der Waals surface area contributed by atoms with E-state index in [0.717, 1.165) is 10.4 Å². The van der Waals surface area contributed by atoms with Crippen molar-refractivity contribution in [2.45, 2.75) is 37.4 Å². The Morgan fingerprint density at radius 2 is 1.80 bits per heavy atom. The molecule has 1 aliphatic rings. The molecular formula is C18H21NO5S. The Bertz CT molecular complexity index is 719. The van der Waals surface area contributed by atoms with Gasteiger partial charge < -0.3 is 25.4 Å². The van der Waals surface area contributed by atoms with Crippen LogP contribution < -0.4 is 5.32 Å². The fourth-order valence-corrected chi connectivity index (χ4v) is 3.73. The predicted octanol–water partition coefficient (Wildman–Crippen LogP) is 1.01. The minimum Gasteiger partial charge on any atom is -0.388 e. The molecule has 1 aliphatic heterocycles. The van der Waals surface area contributed by atoms with Gasteiger partial charge in [0.15, 0.2) is 0 Å². The summed E-state index contributed by atoms with van der Waals surface area (Å²) < 4.78 is 5.47. The summed E-state index contributed by atoms with van der Waals surface area (Å²) in [7, 11) is 0. The molecular weight excluding hydrogens is 342 g/mol. The van der Waals surface area contributed by atoms with E-state index in [1.165, 1.54) is 11.3 Å². The highest BCUT2D eigenvalue weighted by atomic mass is 32.1. The molecule has 134 valence electrons.